The summed E-state index contributed by atoms with van der Waals surface area (Å²) in [5.41, 5.74) is -3.48. The van der Waals surface area contributed by atoms with Gasteiger partial charge in [0.25, 0.3) is 0 Å². The number of likely N-dealkylation sites (tertiary alicyclic amines) is 3. The molecule has 0 aromatic heterocycles. The van der Waals surface area contributed by atoms with Gasteiger partial charge < -0.3 is 20.4 Å². The minimum atomic E-state index is -1.98. The lowest BCUT2D eigenvalue weighted by Gasteiger charge is -2.68. The molecule has 390 valence electrons. The number of carboxylic acids is 4. The maximum atomic E-state index is 15.0. The second-order valence-electron chi connectivity index (χ2n) is 26.1. The summed E-state index contributed by atoms with van der Waals surface area (Å²) in [5, 5.41) is 44.9. The molecule has 3 rings (SSSR count). The molecule has 0 bridgehead atoms. The van der Waals surface area contributed by atoms with Gasteiger partial charge in [-0.3, -0.25) is 33.9 Å². The molecule has 0 aromatic rings. The number of hydrogen-bond acceptors (Lipinski definition) is 7. The van der Waals surface area contributed by atoms with Gasteiger partial charge in [-0.2, -0.15) is 0 Å². The fourth-order valence-electron chi connectivity index (χ4n) is 15.1. The zero-order chi connectivity index (χ0) is 51.1. The van der Waals surface area contributed by atoms with Crippen molar-refractivity contribution in [3.05, 3.63) is 0 Å². The molecule has 0 aromatic carbocycles. The molecule has 4 N–H and O–H groups in total. The highest BCUT2D eigenvalue weighted by atomic mass is 16.4. The van der Waals surface area contributed by atoms with E-state index in [1.165, 1.54) is 64.2 Å². The quantitative estimate of drug-likeness (QED) is 0.0581. The molecule has 3 fully saturated rings. The summed E-state index contributed by atoms with van der Waals surface area (Å²) < 4.78 is 0. The molecular formula is C56H103N3O8. The van der Waals surface area contributed by atoms with Crippen LogP contribution < -0.4 is 0 Å². The van der Waals surface area contributed by atoms with E-state index < -0.39 is 75.6 Å². The van der Waals surface area contributed by atoms with Gasteiger partial charge in [-0.15, -0.1) is 0 Å². The van der Waals surface area contributed by atoms with Crippen molar-refractivity contribution in [1.82, 2.24) is 14.7 Å². The van der Waals surface area contributed by atoms with Crippen LogP contribution in [0.3, 0.4) is 0 Å². The number of unbranched alkanes of at least 4 members (excludes halogenated alkanes) is 13. The van der Waals surface area contributed by atoms with Crippen LogP contribution in [0.25, 0.3) is 0 Å². The fraction of sp³-hybridized carbons (Fsp3) is 0.929. The highest BCUT2D eigenvalue weighted by Crippen LogP contribution is 2.67. The maximum absolute atomic E-state index is 15.0. The van der Waals surface area contributed by atoms with E-state index in [0.717, 1.165) is 38.5 Å². The Labute approximate surface area is 409 Å². The molecule has 3 aliphatic rings. The predicted octanol–water partition coefficient (Wildman–Crippen LogP) is 12.7. The molecule has 3 saturated heterocycles. The third-order valence-electron chi connectivity index (χ3n) is 19.0. The molecule has 3 heterocycles. The van der Waals surface area contributed by atoms with Gasteiger partial charge in [-0.1, -0.05) is 96.8 Å². The molecule has 11 heteroatoms. The topological polar surface area (TPSA) is 159 Å². The number of carbonyl (C=O) groups is 4. The first-order chi connectivity index (χ1) is 30.7. The van der Waals surface area contributed by atoms with Crippen molar-refractivity contribution in [2.45, 2.75) is 265 Å². The predicted molar refractivity (Wildman–Crippen MR) is 272 cm³/mol. The van der Waals surface area contributed by atoms with Gasteiger partial charge in [0.2, 0.25) is 0 Å². The van der Waals surface area contributed by atoms with Crippen LogP contribution in [0, 0.1) is 46.8 Å². The summed E-state index contributed by atoms with van der Waals surface area (Å²) >= 11 is 0. The van der Waals surface area contributed by atoms with E-state index >= 15 is 4.79 Å². The molecule has 11 nitrogen and oxygen atoms in total. The Bertz CT molecular complexity index is 1540. The lowest BCUT2D eigenvalue weighted by molar-refractivity contribution is -0.213. The highest BCUT2D eigenvalue weighted by molar-refractivity contribution is 5.88. The van der Waals surface area contributed by atoms with Gasteiger partial charge in [0, 0.05) is 33.2 Å². The lowest BCUT2D eigenvalue weighted by Crippen LogP contribution is -2.70. The maximum Gasteiger partial charge on any atom is 0.308 e. The van der Waals surface area contributed by atoms with Crippen LogP contribution in [0.15, 0.2) is 0 Å². The molecule has 0 aliphatic carbocycles. The Morgan fingerprint density at radius 3 is 1.07 bits per heavy atom. The number of piperidine rings is 3. The van der Waals surface area contributed by atoms with E-state index in [9.17, 15) is 34.8 Å². The summed E-state index contributed by atoms with van der Waals surface area (Å²) in [5.74, 6) is -12.4. The Morgan fingerprint density at radius 2 is 0.791 bits per heavy atom. The second kappa shape index (κ2) is 23.3. The van der Waals surface area contributed by atoms with Crippen LogP contribution in [0.2, 0.25) is 0 Å². The van der Waals surface area contributed by atoms with Gasteiger partial charge in [0.05, 0.1) is 24.2 Å². The fourth-order valence-corrected chi connectivity index (χ4v) is 15.1. The van der Waals surface area contributed by atoms with Crippen LogP contribution in [0.5, 0.6) is 0 Å². The molecule has 0 spiro atoms. The van der Waals surface area contributed by atoms with E-state index in [-0.39, 0.29) is 34.7 Å². The third kappa shape index (κ3) is 14.0. The van der Waals surface area contributed by atoms with Gasteiger partial charge in [-0.25, -0.2) is 0 Å². The Kier molecular flexibility index (Phi) is 20.6. The summed E-state index contributed by atoms with van der Waals surface area (Å²) in [7, 11) is 6.45. The first-order valence-electron chi connectivity index (χ1n) is 26.9. The first-order valence-corrected chi connectivity index (χ1v) is 26.9. The molecule has 3 aliphatic heterocycles. The molecular weight excluding hydrogens is 843 g/mol. The largest absolute Gasteiger partial charge is 0.481 e. The van der Waals surface area contributed by atoms with Gasteiger partial charge >= 0.3 is 23.9 Å². The van der Waals surface area contributed by atoms with E-state index in [1.807, 2.05) is 0 Å². The van der Waals surface area contributed by atoms with Crippen LogP contribution >= 0.6 is 0 Å². The van der Waals surface area contributed by atoms with Gasteiger partial charge in [-0.05, 0) is 178 Å². The lowest BCUT2D eigenvalue weighted by atomic mass is 9.41. The normalized spacial score (nSPS) is 24.4. The number of carboxylic acid groups (broad SMARTS) is 4. The van der Waals surface area contributed by atoms with Crippen molar-refractivity contribution in [3.63, 3.8) is 0 Å². The first kappa shape index (κ1) is 59.1. The van der Waals surface area contributed by atoms with Crippen LogP contribution in [-0.2, 0) is 19.2 Å². The Balaban J connectivity index is 2.40. The summed E-state index contributed by atoms with van der Waals surface area (Å²) in [4.78, 5) is 62.5. The molecule has 4 atom stereocenters. The molecule has 0 amide bonds. The van der Waals surface area contributed by atoms with E-state index in [0.29, 0.717) is 32.1 Å². The molecule has 0 radical (unpaired) electrons. The standard InChI is InChI=1S/C56H103N3O8/c1-17-18-19-20-21-22-23-24-25-26-27-28-29-30-31-43(39-33-50(2,3)57(14)51(4,5)34-39)56(40-35-52(6,7)58(15)53(8,9)36-40,41-37-54(10,11)59(16)55(12,13)38-41)46(49(66)67)45(48(64)65)42(47(62)63)32-44(60)61/h39-43,45-46H,17-38H2,1-16H3,(H,60,61)(H,62,63)(H,64,65)(H,66,67). The van der Waals surface area contributed by atoms with Crippen molar-refractivity contribution >= 4 is 23.9 Å². The summed E-state index contributed by atoms with van der Waals surface area (Å²) in [6.07, 6.45) is 20.7. The van der Waals surface area contributed by atoms with Gasteiger partial charge in [0.15, 0.2) is 0 Å². The van der Waals surface area contributed by atoms with Crippen LogP contribution in [0.4, 0.5) is 0 Å². The Hall–Kier alpha value is -2.24. The smallest absolute Gasteiger partial charge is 0.308 e. The van der Waals surface area contributed by atoms with Crippen molar-refractivity contribution in [1.29, 1.82) is 0 Å². The SMILES string of the molecule is CCCCCCCCCCCCCCCCC(C1CC(C)(C)N(C)C(C)(C)C1)C(C1CC(C)(C)N(C)C(C)(C)C1)(C1CC(C)(C)N(C)C(C)(C)C1)C(C(=O)O)C(C(=O)O)C(CC(=O)O)C(=O)O. The summed E-state index contributed by atoms with van der Waals surface area (Å²) in [6.45, 7) is 29.1. The second-order valence-corrected chi connectivity index (χ2v) is 26.1. The van der Waals surface area contributed by atoms with E-state index in [4.69, 9.17) is 0 Å². The summed E-state index contributed by atoms with van der Waals surface area (Å²) in [6, 6.07) is 0. The molecule has 67 heavy (non-hydrogen) atoms. The average Bonchev–Trinajstić information content (AvgIpc) is 3.18. The number of rotatable bonds is 27. The highest BCUT2D eigenvalue weighted by Gasteiger charge is 2.68. The Morgan fingerprint density at radius 1 is 0.478 bits per heavy atom. The average molecular weight is 946 g/mol. The van der Waals surface area contributed by atoms with Crippen LogP contribution in [-0.4, -0.2) is 113 Å². The monoisotopic (exact) mass is 946 g/mol. The van der Waals surface area contributed by atoms with Gasteiger partial charge in [0.1, 0.15) is 0 Å². The zero-order valence-corrected chi connectivity index (χ0v) is 45.9. The van der Waals surface area contributed by atoms with Crippen molar-refractivity contribution in [3.8, 4) is 0 Å². The number of nitrogens with zero attached hydrogens (tertiary/aromatic N) is 3. The van der Waals surface area contributed by atoms with E-state index in [1.54, 1.807) is 0 Å². The minimum Gasteiger partial charge on any atom is -0.481 e. The number of hydrogen-bond donors (Lipinski definition) is 4. The zero-order valence-electron chi connectivity index (χ0n) is 45.9. The molecule has 4 unspecified atom stereocenters. The third-order valence-corrected chi connectivity index (χ3v) is 19.0. The number of aliphatic carboxylic acids is 4. The minimum absolute atomic E-state index is 0.0148. The molecule has 0 saturated carbocycles. The van der Waals surface area contributed by atoms with Crippen LogP contribution in [0.1, 0.15) is 231 Å². The van der Waals surface area contributed by atoms with Crippen molar-refractivity contribution in [2.24, 2.45) is 46.8 Å². The van der Waals surface area contributed by atoms with Crippen molar-refractivity contribution in [2.75, 3.05) is 21.1 Å². The van der Waals surface area contributed by atoms with Crippen molar-refractivity contribution < 1.29 is 39.6 Å². The van der Waals surface area contributed by atoms with E-state index in [2.05, 4.69) is 126 Å².